The first-order valence-corrected chi connectivity index (χ1v) is 10.3. The van der Waals surface area contributed by atoms with Gasteiger partial charge in [-0.3, -0.25) is 14.6 Å². The molecule has 2 aromatic heterocycles. The van der Waals surface area contributed by atoms with Gasteiger partial charge in [0, 0.05) is 18.8 Å². The summed E-state index contributed by atoms with van der Waals surface area (Å²) < 4.78 is 14.7. The standard InChI is InChI=1S/C23H24FN3O4/c1-13(12-28)26-22(30)19-21(29)20-18(27(23(19)31)11-15-2-3-15)9-16(10-25-20)8-14-4-6-17(24)7-5-14/h4-7,9-10,13,15,28-29H,2-3,8,11-12H2,1H3,(H,26,30). The SMILES string of the molecule is CC(CO)NC(=O)c1c(O)c2ncc(Cc3ccc(F)cc3)cc2n(CC2CC2)c1=O. The van der Waals surface area contributed by atoms with E-state index in [1.54, 1.807) is 31.3 Å². The van der Waals surface area contributed by atoms with Gasteiger partial charge in [-0.05, 0) is 61.4 Å². The number of carbonyl (C=O) groups is 1. The number of carbonyl (C=O) groups excluding carboxylic acids is 1. The number of halogens is 1. The van der Waals surface area contributed by atoms with Crippen LogP contribution in [0.15, 0.2) is 41.3 Å². The minimum absolute atomic E-state index is 0.171. The van der Waals surface area contributed by atoms with Crippen molar-refractivity contribution in [2.45, 2.75) is 38.8 Å². The van der Waals surface area contributed by atoms with E-state index < -0.39 is 23.3 Å². The first-order chi connectivity index (χ1) is 14.9. The summed E-state index contributed by atoms with van der Waals surface area (Å²) in [6.07, 6.45) is 4.06. The average molecular weight is 425 g/mol. The van der Waals surface area contributed by atoms with Gasteiger partial charge >= 0.3 is 0 Å². The Bertz CT molecular complexity index is 1190. The highest BCUT2D eigenvalue weighted by molar-refractivity contribution is 6.01. The van der Waals surface area contributed by atoms with Crippen LogP contribution < -0.4 is 10.9 Å². The van der Waals surface area contributed by atoms with Crippen molar-refractivity contribution in [3.63, 3.8) is 0 Å². The monoisotopic (exact) mass is 425 g/mol. The second-order valence-corrected chi connectivity index (χ2v) is 8.15. The summed E-state index contributed by atoms with van der Waals surface area (Å²) in [5.74, 6) is -1.18. The van der Waals surface area contributed by atoms with E-state index in [9.17, 15) is 24.2 Å². The van der Waals surface area contributed by atoms with E-state index in [1.165, 1.54) is 16.7 Å². The summed E-state index contributed by atoms with van der Waals surface area (Å²) in [7, 11) is 0. The van der Waals surface area contributed by atoms with Crippen LogP contribution in [-0.2, 0) is 13.0 Å². The van der Waals surface area contributed by atoms with Crippen LogP contribution in [0.4, 0.5) is 4.39 Å². The number of nitrogens with one attached hydrogen (secondary N) is 1. The summed E-state index contributed by atoms with van der Waals surface area (Å²) >= 11 is 0. The maximum absolute atomic E-state index is 13.2. The molecular formula is C23H24FN3O4. The number of nitrogens with zero attached hydrogens (tertiary/aromatic N) is 2. The van der Waals surface area contributed by atoms with Gasteiger partial charge in [0.15, 0.2) is 5.75 Å². The molecule has 0 bridgehead atoms. The van der Waals surface area contributed by atoms with Crippen molar-refractivity contribution >= 4 is 16.9 Å². The zero-order chi connectivity index (χ0) is 22.1. The maximum Gasteiger partial charge on any atom is 0.267 e. The van der Waals surface area contributed by atoms with Crippen LogP contribution in [0, 0.1) is 11.7 Å². The van der Waals surface area contributed by atoms with Gasteiger partial charge in [0.2, 0.25) is 0 Å². The van der Waals surface area contributed by atoms with Gasteiger partial charge in [-0.15, -0.1) is 0 Å². The smallest absolute Gasteiger partial charge is 0.267 e. The predicted octanol–water partition coefficient (Wildman–Crippen LogP) is 2.35. The van der Waals surface area contributed by atoms with Gasteiger partial charge in [-0.25, -0.2) is 4.39 Å². The Morgan fingerprint density at radius 3 is 2.65 bits per heavy atom. The molecule has 0 radical (unpaired) electrons. The molecule has 31 heavy (non-hydrogen) atoms. The summed E-state index contributed by atoms with van der Waals surface area (Å²) in [6.45, 7) is 1.74. The molecular weight excluding hydrogens is 401 g/mol. The zero-order valence-electron chi connectivity index (χ0n) is 17.1. The lowest BCUT2D eigenvalue weighted by atomic mass is 10.0. The number of amides is 1. The summed E-state index contributed by atoms with van der Waals surface area (Å²) in [4.78, 5) is 30.2. The molecule has 1 unspecified atom stereocenters. The van der Waals surface area contributed by atoms with Crippen LogP contribution in [0.5, 0.6) is 5.75 Å². The Balaban J connectivity index is 1.80. The highest BCUT2D eigenvalue weighted by Gasteiger charge is 2.28. The molecule has 4 rings (SSSR count). The fourth-order valence-electron chi connectivity index (χ4n) is 3.57. The quantitative estimate of drug-likeness (QED) is 0.539. The lowest BCUT2D eigenvalue weighted by Crippen LogP contribution is -2.39. The van der Waals surface area contributed by atoms with E-state index in [0.29, 0.717) is 24.4 Å². The highest BCUT2D eigenvalue weighted by Crippen LogP contribution is 2.33. The third kappa shape index (κ3) is 4.44. The topological polar surface area (TPSA) is 104 Å². The van der Waals surface area contributed by atoms with E-state index in [2.05, 4.69) is 10.3 Å². The largest absolute Gasteiger partial charge is 0.505 e. The number of benzene rings is 1. The molecule has 162 valence electrons. The van der Waals surface area contributed by atoms with Crippen molar-refractivity contribution in [3.8, 4) is 5.75 Å². The number of hydrogen-bond acceptors (Lipinski definition) is 5. The van der Waals surface area contributed by atoms with Crippen LogP contribution >= 0.6 is 0 Å². The maximum atomic E-state index is 13.2. The number of pyridine rings is 2. The number of aliphatic hydroxyl groups is 1. The van der Waals surface area contributed by atoms with Gasteiger partial charge in [0.05, 0.1) is 12.1 Å². The Morgan fingerprint density at radius 2 is 2.00 bits per heavy atom. The summed E-state index contributed by atoms with van der Waals surface area (Å²) in [5, 5.41) is 22.4. The average Bonchev–Trinajstić information content (AvgIpc) is 3.57. The van der Waals surface area contributed by atoms with Crippen molar-refractivity contribution < 1.29 is 19.4 Å². The van der Waals surface area contributed by atoms with Gasteiger partial charge in [0.1, 0.15) is 16.9 Å². The Kier molecular flexibility index (Phi) is 5.73. The predicted molar refractivity (Wildman–Crippen MR) is 114 cm³/mol. The molecule has 1 aromatic carbocycles. The second-order valence-electron chi connectivity index (χ2n) is 8.15. The van der Waals surface area contributed by atoms with E-state index in [-0.39, 0.29) is 23.5 Å². The lowest BCUT2D eigenvalue weighted by Gasteiger charge is -2.16. The minimum Gasteiger partial charge on any atom is -0.505 e. The van der Waals surface area contributed by atoms with Crippen molar-refractivity contribution in [2.75, 3.05) is 6.61 Å². The third-order valence-corrected chi connectivity index (χ3v) is 5.47. The van der Waals surface area contributed by atoms with Crippen molar-refractivity contribution in [1.82, 2.24) is 14.9 Å². The molecule has 1 aliphatic carbocycles. The highest BCUT2D eigenvalue weighted by atomic mass is 19.1. The lowest BCUT2D eigenvalue weighted by molar-refractivity contribution is 0.0917. The van der Waals surface area contributed by atoms with Crippen LogP contribution in [0.1, 0.15) is 41.3 Å². The number of aliphatic hydroxyl groups excluding tert-OH is 1. The van der Waals surface area contributed by atoms with Crippen LogP contribution in [0.2, 0.25) is 0 Å². The zero-order valence-corrected chi connectivity index (χ0v) is 17.1. The summed E-state index contributed by atoms with van der Waals surface area (Å²) in [5.41, 5.74) is 1.36. The first kappa shape index (κ1) is 21.0. The fraction of sp³-hybridized carbons (Fsp3) is 0.348. The number of aromatic hydroxyl groups is 1. The molecule has 2 heterocycles. The Hall–Kier alpha value is -3.26. The number of fused-ring (bicyclic) bond motifs is 1. The molecule has 3 aromatic rings. The van der Waals surface area contributed by atoms with E-state index in [0.717, 1.165) is 24.0 Å². The number of rotatable bonds is 7. The molecule has 0 saturated heterocycles. The molecule has 3 N–H and O–H groups in total. The van der Waals surface area contributed by atoms with Gasteiger partial charge in [-0.2, -0.15) is 0 Å². The molecule has 7 nitrogen and oxygen atoms in total. The number of aromatic nitrogens is 2. The summed E-state index contributed by atoms with van der Waals surface area (Å²) in [6, 6.07) is 7.36. The molecule has 1 aliphatic rings. The van der Waals surface area contributed by atoms with Gasteiger partial charge in [0.25, 0.3) is 11.5 Å². The molecule has 1 saturated carbocycles. The van der Waals surface area contributed by atoms with Crippen LogP contribution in [-0.4, -0.2) is 38.3 Å². The van der Waals surface area contributed by atoms with E-state index >= 15 is 0 Å². The van der Waals surface area contributed by atoms with E-state index in [4.69, 9.17) is 0 Å². The second kappa shape index (κ2) is 8.47. The molecule has 8 heteroatoms. The molecule has 1 fully saturated rings. The van der Waals surface area contributed by atoms with Crippen LogP contribution in [0.3, 0.4) is 0 Å². The fourth-order valence-corrected chi connectivity index (χ4v) is 3.57. The molecule has 0 aliphatic heterocycles. The Morgan fingerprint density at radius 1 is 1.29 bits per heavy atom. The van der Waals surface area contributed by atoms with Gasteiger partial charge in [-0.1, -0.05) is 12.1 Å². The van der Waals surface area contributed by atoms with Crippen LogP contribution in [0.25, 0.3) is 11.0 Å². The van der Waals surface area contributed by atoms with Crippen molar-refractivity contribution in [3.05, 3.63) is 69.4 Å². The minimum atomic E-state index is -0.743. The molecule has 1 amide bonds. The normalized spacial score (nSPS) is 14.5. The van der Waals surface area contributed by atoms with E-state index in [1.807, 2.05) is 0 Å². The Labute approximate surface area is 178 Å². The van der Waals surface area contributed by atoms with Gasteiger partial charge < -0.3 is 20.1 Å². The molecule has 1 atom stereocenters. The van der Waals surface area contributed by atoms with Crippen molar-refractivity contribution in [2.24, 2.45) is 5.92 Å². The van der Waals surface area contributed by atoms with Crippen molar-refractivity contribution in [1.29, 1.82) is 0 Å². The number of hydrogen-bond donors (Lipinski definition) is 3. The third-order valence-electron chi connectivity index (χ3n) is 5.47. The molecule has 0 spiro atoms. The first-order valence-electron chi connectivity index (χ1n) is 10.3.